The van der Waals surface area contributed by atoms with Gasteiger partial charge in [0.05, 0.1) is 3.58 Å². The summed E-state index contributed by atoms with van der Waals surface area (Å²) in [6, 6.07) is 7.94. The standard InChI is InChI=1S/C13H14BrIN2O.ClH/c14-11-3-1-10(2-4-11)9-12(15)13(18)17-7-5-16-6-8-17;/h1-4,9,16H,5-8H2;1H. The van der Waals surface area contributed by atoms with Crippen molar-refractivity contribution in [1.29, 1.82) is 0 Å². The number of halogens is 3. The van der Waals surface area contributed by atoms with Gasteiger partial charge in [-0.3, -0.25) is 4.79 Å². The van der Waals surface area contributed by atoms with E-state index in [0.717, 1.165) is 39.8 Å². The summed E-state index contributed by atoms with van der Waals surface area (Å²) in [5.74, 6) is 0.125. The van der Waals surface area contributed by atoms with Gasteiger partial charge in [-0.05, 0) is 46.4 Å². The number of hydrogen-bond acceptors (Lipinski definition) is 2. The molecule has 3 nitrogen and oxygen atoms in total. The zero-order valence-electron chi connectivity index (χ0n) is 10.2. The summed E-state index contributed by atoms with van der Waals surface area (Å²) < 4.78 is 1.81. The molecule has 0 aromatic heterocycles. The third-order valence-electron chi connectivity index (χ3n) is 2.77. The molecule has 1 heterocycles. The lowest BCUT2D eigenvalue weighted by Gasteiger charge is -2.27. The van der Waals surface area contributed by atoms with E-state index >= 15 is 0 Å². The van der Waals surface area contributed by atoms with Crippen molar-refractivity contribution in [3.8, 4) is 0 Å². The van der Waals surface area contributed by atoms with E-state index < -0.39 is 0 Å². The molecule has 1 aromatic rings. The largest absolute Gasteiger partial charge is 0.336 e. The minimum absolute atomic E-state index is 0. The number of nitrogens with one attached hydrogen (secondary N) is 1. The van der Waals surface area contributed by atoms with Crippen LogP contribution in [-0.2, 0) is 4.79 Å². The topological polar surface area (TPSA) is 32.3 Å². The number of piperazine rings is 1. The first-order chi connectivity index (χ1) is 8.66. The molecular formula is C13H15BrClIN2O. The van der Waals surface area contributed by atoms with Gasteiger partial charge in [-0.2, -0.15) is 0 Å². The van der Waals surface area contributed by atoms with Crippen molar-refractivity contribution < 1.29 is 4.79 Å². The molecule has 1 aliphatic rings. The molecule has 1 fully saturated rings. The van der Waals surface area contributed by atoms with E-state index in [2.05, 4.69) is 43.8 Å². The van der Waals surface area contributed by atoms with Crippen LogP contribution in [0.15, 0.2) is 32.3 Å². The van der Waals surface area contributed by atoms with E-state index in [1.807, 2.05) is 35.2 Å². The molecule has 0 saturated carbocycles. The predicted octanol–water partition coefficient (Wildman–Crippen LogP) is 3.08. The zero-order valence-corrected chi connectivity index (χ0v) is 14.8. The molecule has 0 radical (unpaired) electrons. The second kappa shape index (κ2) is 8.24. The van der Waals surface area contributed by atoms with E-state index in [1.54, 1.807) is 0 Å². The van der Waals surface area contributed by atoms with Crippen LogP contribution in [0.4, 0.5) is 0 Å². The van der Waals surface area contributed by atoms with E-state index in [1.165, 1.54) is 0 Å². The van der Waals surface area contributed by atoms with Crippen LogP contribution in [0.3, 0.4) is 0 Å². The molecule has 104 valence electrons. The molecule has 0 bridgehead atoms. The second-order valence-electron chi connectivity index (χ2n) is 4.09. The lowest BCUT2D eigenvalue weighted by atomic mass is 10.2. The molecule has 1 N–H and O–H groups in total. The van der Waals surface area contributed by atoms with Gasteiger partial charge < -0.3 is 10.2 Å². The summed E-state index contributed by atoms with van der Waals surface area (Å²) in [7, 11) is 0. The number of hydrogen-bond donors (Lipinski definition) is 1. The van der Waals surface area contributed by atoms with Crippen LogP contribution in [0.1, 0.15) is 5.56 Å². The molecule has 19 heavy (non-hydrogen) atoms. The van der Waals surface area contributed by atoms with Crippen LogP contribution >= 0.6 is 50.9 Å². The zero-order chi connectivity index (χ0) is 13.0. The van der Waals surface area contributed by atoms with Crippen LogP contribution in [0.25, 0.3) is 6.08 Å². The van der Waals surface area contributed by atoms with Gasteiger partial charge in [-0.25, -0.2) is 0 Å². The minimum atomic E-state index is 0. The van der Waals surface area contributed by atoms with Crippen LogP contribution in [0.2, 0.25) is 0 Å². The van der Waals surface area contributed by atoms with Crippen LogP contribution < -0.4 is 5.32 Å². The first-order valence-electron chi connectivity index (χ1n) is 5.79. The van der Waals surface area contributed by atoms with Gasteiger partial charge in [0.15, 0.2) is 0 Å². The van der Waals surface area contributed by atoms with Gasteiger partial charge in [0.1, 0.15) is 0 Å². The SMILES string of the molecule is Cl.O=C(C(I)=Cc1ccc(Br)cc1)N1CCNCC1. The van der Waals surface area contributed by atoms with Crippen molar-refractivity contribution in [1.82, 2.24) is 10.2 Å². The Bertz CT molecular complexity index is 458. The highest BCUT2D eigenvalue weighted by Gasteiger charge is 2.18. The van der Waals surface area contributed by atoms with E-state index in [-0.39, 0.29) is 18.3 Å². The van der Waals surface area contributed by atoms with Crippen molar-refractivity contribution in [2.45, 2.75) is 0 Å². The summed E-state index contributed by atoms with van der Waals surface area (Å²) in [6.45, 7) is 3.35. The van der Waals surface area contributed by atoms with Crippen LogP contribution in [0, 0.1) is 0 Å². The van der Waals surface area contributed by atoms with Gasteiger partial charge in [0.2, 0.25) is 0 Å². The average Bonchev–Trinajstić information content (AvgIpc) is 2.41. The predicted molar refractivity (Wildman–Crippen MR) is 92.8 cm³/mol. The maximum atomic E-state index is 12.2. The van der Waals surface area contributed by atoms with Crippen molar-refractivity contribution >= 4 is 62.9 Å². The summed E-state index contributed by atoms with van der Waals surface area (Å²) >= 11 is 5.52. The molecule has 1 aromatic carbocycles. The fraction of sp³-hybridized carbons (Fsp3) is 0.308. The molecule has 0 aliphatic carbocycles. The highest BCUT2D eigenvalue weighted by molar-refractivity contribution is 14.1. The number of benzene rings is 1. The highest BCUT2D eigenvalue weighted by atomic mass is 127. The Morgan fingerprint density at radius 2 is 1.84 bits per heavy atom. The van der Waals surface area contributed by atoms with Gasteiger partial charge in [-0.15, -0.1) is 12.4 Å². The summed E-state index contributed by atoms with van der Waals surface area (Å²) in [5, 5.41) is 3.24. The Morgan fingerprint density at radius 3 is 2.42 bits per heavy atom. The maximum Gasteiger partial charge on any atom is 0.260 e. The molecule has 2 rings (SSSR count). The summed E-state index contributed by atoms with van der Waals surface area (Å²) in [4.78, 5) is 14.1. The first-order valence-corrected chi connectivity index (χ1v) is 7.67. The second-order valence-corrected chi connectivity index (χ2v) is 6.16. The molecule has 6 heteroatoms. The fourth-order valence-electron chi connectivity index (χ4n) is 1.79. The van der Waals surface area contributed by atoms with E-state index in [4.69, 9.17) is 0 Å². The highest BCUT2D eigenvalue weighted by Crippen LogP contribution is 2.18. The molecule has 0 atom stereocenters. The smallest absolute Gasteiger partial charge is 0.260 e. The Morgan fingerprint density at radius 1 is 1.26 bits per heavy atom. The molecular weight excluding hydrogens is 442 g/mol. The normalized spacial score (nSPS) is 15.9. The molecule has 0 unspecified atom stereocenters. The number of amides is 1. The minimum Gasteiger partial charge on any atom is -0.336 e. The summed E-state index contributed by atoms with van der Waals surface area (Å²) in [5.41, 5.74) is 1.05. The Kier molecular flexibility index (Phi) is 7.35. The van der Waals surface area contributed by atoms with Crippen molar-refractivity contribution in [2.75, 3.05) is 26.2 Å². The maximum absolute atomic E-state index is 12.2. The van der Waals surface area contributed by atoms with Crippen molar-refractivity contribution in [3.05, 3.63) is 37.9 Å². The van der Waals surface area contributed by atoms with E-state index in [9.17, 15) is 4.79 Å². The van der Waals surface area contributed by atoms with Gasteiger partial charge in [0.25, 0.3) is 5.91 Å². The van der Waals surface area contributed by atoms with Crippen LogP contribution in [-0.4, -0.2) is 37.0 Å². The number of rotatable bonds is 2. The molecule has 1 saturated heterocycles. The third-order valence-corrected chi connectivity index (χ3v) is 4.07. The molecule has 1 aliphatic heterocycles. The van der Waals surface area contributed by atoms with E-state index in [0.29, 0.717) is 0 Å². The number of carbonyl (C=O) groups excluding carboxylic acids is 1. The number of nitrogens with zero attached hydrogens (tertiary/aromatic N) is 1. The lowest BCUT2D eigenvalue weighted by Crippen LogP contribution is -2.46. The van der Waals surface area contributed by atoms with Gasteiger partial charge in [-0.1, -0.05) is 28.1 Å². The Labute approximate surface area is 141 Å². The third kappa shape index (κ3) is 5.06. The quantitative estimate of drug-likeness (QED) is 0.547. The molecule has 0 spiro atoms. The van der Waals surface area contributed by atoms with Gasteiger partial charge in [0, 0.05) is 30.7 Å². The Hall–Kier alpha value is -0.110. The summed E-state index contributed by atoms with van der Waals surface area (Å²) in [6.07, 6.45) is 1.93. The monoisotopic (exact) mass is 456 g/mol. The number of carbonyl (C=O) groups is 1. The van der Waals surface area contributed by atoms with Crippen LogP contribution in [0.5, 0.6) is 0 Å². The lowest BCUT2D eigenvalue weighted by molar-refractivity contribution is -0.126. The van der Waals surface area contributed by atoms with Crippen molar-refractivity contribution in [3.63, 3.8) is 0 Å². The average molecular weight is 458 g/mol. The fourth-order valence-corrected chi connectivity index (χ4v) is 2.75. The molecule has 1 amide bonds. The Balaban J connectivity index is 0.00000180. The van der Waals surface area contributed by atoms with Crippen molar-refractivity contribution in [2.24, 2.45) is 0 Å². The first kappa shape index (κ1) is 16.9. The van der Waals surface area contributed by atoms with Gasteiger partial charge >= 0.3 is 0 Å².